The highest BCUT2D eigenvalue weighted by molar-refractivity contribution is 7.98. The van der Waals surface area contributed by atoms with Crippen molar-refractivity contribution in [2.24, 2.45) is 5.84 Å². The number of aromatic nitrogens is 2. The van der Waals surface area contributed by atoms with Crippen molar-refractivity contribution in [1.82, 2.24) is 15.3 Å². The molecule has 0 atom stereocenters. The topological polar surface area (TPSA) is 102 Å². The maximum Gasteiger partial charge on any atom is 0.255 e. The molecule has 3 rings (SSSR count). The van der Waals surface area contributed by atoms with Crippen molar-refractivity contribution in [2.75, 3.05) is 23.7 Å². The molecular formula is C14H18N6OS. The monoisotopic (exact) mass is 318 g/mol. The Hall–Kier alpha value is -2.03. The molecular weight excluding hydrogens is 300 g/mol. The van der Waals surface area contributed by atoms with Crippen LogP contribution in [0.3, 0.4) is 0 Å². The fourth-order valence-corrected chi connectivity index (χ4v) is 2.68. The molecule has 0 radical (unpaired) electrons. The molecule has 0 saturated heterocycles. The Morgan fingerprint density at radius 1 is 1.32 bits per heavy atom. The van der Waals surface area contributed by atoms with E-state index in [2.05, 4.69) is 15.3 Å². The van der Waals surface area contributed by atoms with Gasteiger partial charge in [-0.25, -0.2) is 10.8 Å². The first-order valence-corrected chi connectivity index (χ1v) is 8.13. The Labute approximate surface area is 133 Å². The van der Waals surface area contributed by atoms with E-state index in [9.17, 15) is 0 Å². The number of hydrogen-bond acceptors (Lipinski definition) is 8. The lowest BCUT2D eigenvalue weighted by Gasteiger charge is -2.23. The Bertz CT molecular complexity index is 680. The SMILES string of the molecule is CSc1nc2c(c(ON(N)c3ccccc3N)n1)CCNC2. The number of hydrazine groups is 1. The number of nitrogens with two attached hydrogens (primary N) is 2. The van der Waals surface area contributed by atoms with Gasteiger partial charge in [0, 0.05) is 12.1 Å². The van der Waals surface area contributed by atoms with Crippen LogP contribution in [0.25, 0.3) is 0 Å². The van der Waals surface area contributed by atoms with E-state index in [4.69, 9.17) is 16.4 Å². The maximum absolute atomic E-state index is 6.00. The Morgan fingerprint density at radius 2 is 2.14 bits per heavy atom. The summed E-state index contributed by atoms with van der Waals surface area (Å²) in [5.74, 6) is 6.49. The van der Waals surface area contributed by atoms with E-state index in [1.54, 1.807) is 12.1 Å². The van der Waals surface area contributed by atoms with Gasteiger partial charge in [-0.15, -0.1) is 5.17 Å². The molecule has 2 aromatic rings. The minimum Gasteiger partial charge on any atom is -0.397 e. The number of anilines is 2. The number of rotatable bonds is 4. The third-order valence-corrected chi connectivity index (χ3v) is 3.97. The van der Waals surface area contributed by atoms with Gasteiger partial charge in [-0.3, -0.25) is 0 Å². The number of nitrogens with one attached hydrogen (secondary N) is 1. The van der Waals surface area contributed by atoms with E-state index in [-0.39, 0.29) is 0 Å². The van der Waals surface area contributed by atoms with Crippen molar-refractivity contribution in [3.8, 4) is 5.88 Å². The first-order chi connectivity index (χ1) is 10.7. The van der Waals surface area contributed by atoms with E-state index in [0.29, 0.717) is 29.0 Å². The lowest BCUT2D eigenvalue weighted by Crippen LogP contribution is -2.36. The van der Waals surface area contributed by atoms with Crippen molar-refractivity contribution >= 4 is 23.1 Å². The average molecular weight is 318 g/mol. The summed E-state index contributed by atoms with van der Waals surface area (Å²) in [4.78, 5) is 14.7. The van der Waals surface area contributed by atoms with Crippen LogP contribution in [0.5, 0.6) is 5.88 Å². The number of nitrogen functional groups attached to an aromatic ring is 1. The number of hydrogen-bond donors (Lipinski definition) is 3. The molecule has 2 heterocycles. The molecule has 0 aliphatic carbocycles. The summed E-state index contributed by atoms with van der Waals surface area (Å²) in [5.41, 5.74) is 9.00. The Kier molecular flexibility index (Phi) is 4.32. The average Bonchev–Trinajstić information content (AvgIpc) is 2.55. The van der Waals surface area contributed by atoms with Gasteiger partial charge in [0.15, 0.2) is 5.16 Å². The van der Waals surface area contributed by atoms with E-state index in [1.807, 2.05) is 18.4 Å². The number of fused-ring (bicyclic) bond motifs is 1. The van der Waals surface area contributed by atoms with E-state index in [1.165, 1.54) is 11.8 Å². The minimum absolute atomic E-state index is 0.488. The summed E-state index contributed by atoms with van der Waals surface area (Å²) in [6.45, 7) is 1.57. The van der Waals surface area contributed by atoms with Crippen LogP contribution in [0.4, 0.5) is 11.4 Å². The van der Waals surface area contributed by atoms with Crippen LogP contribution in [0.2, 0.25) is 0 Å². The first kappa shape index (κ1) is 14.9. The van der Waals surface area contributed by atoms with E-state index in [0.717, 1.165) is 29.4 Å². The molecule has 0 saturated carbocycles. The zero-order chi connectivity index (χ0) is 15.5. The maximum atomic E-state index is 6.00. The molecule has 0 fully saturated rings. The van der Waals surface area contributed by atoms with Crippen molar-refractivity contribution in [2.45, 2.75) is 18.1 Å². The van der Waals surface area contributed by atoms with Gasteiger partial charge in [-0.1, -0.05) is 23.9 Å². The van der Waals surface area contributed by atoms with Gasteiger partial charge in [0.05, 0.1) is 11.4 Å². The summed E-state index contributed by atoms with van der Waals surface area (Å²) >= 11 is 1.47. The zero-order valence-corrected chi connectivity index (χ0v) is 13.1. The van der Waals surface area contributed by atoms with Crippen LogP contribution < -0.4 is 26.9 Å². The molecule has 5 N–H and O–H groups in total. The molecule has 0 bridgehead atoms. The van der Waals surface area contributed by atoms with Crippen LogP contribution >= 0.6 is 11.8 Å². The Balaban J connectivity index is 1.93. The second-order valence-electron chi connectivity index (χ2n) is 4.84. The summed E-state index contributed by atoms with van der Waals surface area (Å²) in [5, 5.41) is 5.11. The third kappa shape index (κ3) is 2.94. The molecule has 116 valence electrons. The largest absolute Gasteiger partial charge is 0.397 e. The van der Waals surface area contributed by atoms with Gasteiger partial charge >= 0.3 is 0 Å². The molecule has 0 spiro atoms. The predicted octanol–water partition coefficient (Wildman–Crippen LogP) is 1.10. The summed E-state index contributed by atoms with van der Waals surface area (Å²) in [7, 11) is 0. The number of para-hydroxylation sites is 2. The van der Waals surface area contributed by atoms with Gasteiger partial charge in [0.25, 0.3) is 5.88 Å². The second kappa shape index (κ2) is 6.39. The Morgan fingerprint density at radius 3 is 2.91 bits per heavy atom. The van der Waals surface area contributed by atoms with Crippen molar-refractivity contribution in [3.05, 3.63) is 35.5 Å². The van der Waals surface area contributed by atoms with Crippen LogP contribution in [0, 0.1) is 0 Å². The van der Waals surface area contributed by atoms with Gasteiger partial charge < -0.3 is 15.9 Å². The highest BCUT2D eigenvalue weighted by Crippen LogP contribution is 2.27. The molecule has 0 unspecified atom stereocenters. The second-order valence-corrected chi connectivity index (χ2v) is 5.62. The fraction of sp³-hybridized carbons (Fsp3) is 0.286. The lowest BCUT2D eigenvalue weighted by atomic mass is 10.1. The quantitative estimate of drug-likeness (QED) is 0.253. The molecule has 7 nitrogen and oxygen atoms in total. The fourth-order valence-electron chi connectivity index (χ4n) is 2.30. The number of nitrogens with zero attached hydrogens (tertiary/aromatic N) is 3. The molecule has 22 heavy (non-hydrogen) atoms. The molecule has 1 aliphatic rings. The molecule has 1 aromatic heterocycles. The highest BCUT2D eigenvalue weighted by Gasteiger charge is 2.20. The smallest absolute Gasteiger partial charge is 0.255 e. The molecule has 8 heteroatoms. The summed E-state index contributed by atoms with van der Waals surface area (Å²) in [6, 6.07) is 7.25. The summed E-state index contributed by atoms with van der Waals surface area (Å²) in [6.07, 6.45) is 2.73. The van der Waals surface area contributed by atoms with Crippen LogP contribution in [-0.4, -0.2) is 22.8 Å². The molecule has 1 aliphatic heterocycles. The minimum atomic E-state index is 0.488. The standard InChI is InChI=1S/C14H18N6OS/c1-22-14-18-11-8-17-7-6-9(11)13(19-14)21-20(16)12-5-3-2-4-10(12)15/h2-5,17H,6-8,15-16H2,1H3. The predicted molar refractivity (Wildman–Crippen MR) is 87.4 cm³/mol. The van der Waals surface area contributed by atoms with E-state index >= 15 is 0 Å². The van der Waals surface area contributed by atoms with Gasteiger partial charge in [0.1, 0.15) is 5.69 Å². The van der Waals surface area contributed by atoms with E-state index < -0.39 is 0 Å². The number of thioether (sulfide) groups is 1. The third-order valence-electron chi connectivity index (χ3n) is 3.42. The normalized spacial score (nSPS) is 13.5. The lowest BCUT2D eigenvalue weighted by molar-refractivity contribution is 0.264. The van der Waals surface area contributed by atoms with Crippen LogP contribution in [-0.2, 0) is 13.0 Å². The first-order valence-electron chi connectivity index (χ1n) is 6.91. The summed E-state index contributed by atoms with van der Waals surface area (Å²) < 4.78 is 0. The highest BCUT2D eigenvalue weighted by atomic mass is 32.2. The number of benzene rings is 1. The molecule has 1 aromatic carbocycles. The van der Waals surface area contributed by atoms with Crippen molar-refractivity contribution in [3.63, 3.8) is 0 Å². The van der Waals surface area contributed by atoms with Crippen LogP contribution in [0.1, 0.15) is 11.3 Å². The zero-order valence-electron chi connectivity index (χ0n) is 12.2. The van der Waals surface area contributed by atoms with Crippen molar-refractivity contribution in [1.29, 1.82) is 0 Å². The molecule has 0 amide bonds. The van der Waals surface area contributed by atoms with Gasteiger partial charge in [-0.05, 0) is 31.4 Å². The van der Waals surface area contributed by atoms with Crippen LogP contribution in [0.15, 0.2) is 29.4 Å². The van der Waals surface area contributed by atoms with Gasteiger partial charge in [-0.2, -0.15) is 4.98 Å². The van der Waals surface area contributed by atoms with Gasteiger partial charge in [0.2, 0.25) is 0 Å². The van der Waals surface area contributed by atoms with Crippen molar-refractivity contribution < 1.29 is 4.84 Å².